The van der Waals surface area contributed by atoms with Gasteiger partial charge in [0.25, 0.3) is 15.9 Å². The van der Waals surface area contributed by atoms with Crippen LogP contribution in [0.1, 0.15) is 37.6 Å². The smallest absolute Gasteiger partial charge is 0.261 e. The molecule has 25 heavy (non-hydrogen) atoms. The molecule has 0 saturated carbocycles. The summed E-state index contributed by atoms with van der Waals surface area (Å²) in [5.74, 6) is -0.0398. The van der Waals surface area contributed by atoms with Crippen LogP contribution in [0.25, 0.3) is 0 Å². The van der Waals surface area contributed by atoms with Crippen molar-refractivity contribution in [2.24, 2.45) is 4.40 Å². The first-order chi connectivity index (χ1) is 11.9. The highest BCUT2D eigenvalue weighted by Gasteiger charge is 2.30. The van der Waals surface area contributed by atoms with E-state index < -0.39 is 15.9 Å². The van der Waals surface area contributed by atoms with E-state index in [-0.39, 0.29) is 23.7 Å². The zero-order valence-electron chi connectivity index (χ0n) is 14.0. The lowest BCUT2D eigenvalue weighted by Gasteiger charge is -2.28. The molecule has 3 heterocycles. The number of amides is 1. The van der Waals surface area contributed by atoms with Crippen molar-refractivity contribution in [3.8, 4) is 0 Å². The van der Waals surface area contributed by atoms with Crippen molar-refractivity contribution in [1.82, 2.24) is 15.1 Å². The first kappa shape index (κ1) is 17.7. The van der Waals surface area contributed by atoms with Gasteiger partial charge in [0.05, 0.1) is 11.3 Å². The molecule has 0 atom stereocenters. The van der Waals surface area contributed by atoms with E-state index in [1.54, 1.807) is 23.3 Å². The monoisotopic (exact) mass is 381 g/mol. The van der Waals surface area contributed by atoms with Crippen molar-refractivity contribution < 1.29 is 13.2 Å². The normalized spacial score (nSPS) is 18.6. The average molecular weight is 381 g/mol. The lowest BCUT2D eigenvalue weighted by Crippen LogP contribution is -2.40. The molecule has 10 heteroatoms. The Bertz CT molecular complexity index is 865. The fourth-order valence-corrected chi connectivity index (χ4v) is 4.64. The molecule has 3 rings (SSSR count). The maximum absolute atomic E-state index is 12.6. The minimum atomic E-state index is -3.54. The van der Waals surface area contributed by atoms with Gasteiger partial charge in [0.1, 0.15) is 5.01 Å². The number of carbonyl (C=O) groups is 1. The van der Waals surface area contributed by atoms with Crippen molar-refractivity contribution in [3.63, 3.8) is 0 Å². The molecule has 134 valence electrons. The summed E-state index contributed by atoms with van der Waals surface area (Å²) in [5, 5.41) is 12.1. The molecule has 0 bridgehead atoms. The summed E-state index contributed by atoms with van der Waals surface area (Å²) in [6.07, 6.45) is 6.87. The van der Waals surface area contributed by atoms with Crippen LogP contribution in [0.4, 0.5) is 5.13 Å². The molecule has 1 amide bonds. The Kier molecular flexibility index (Phi) is 5.00. The standard InChI is InChI=1S/C15H19N5O3S2/c1-3-10(4-2)14-17-18-15(24-14)16-13(21)11-6-5-7-20-8-9-25(22,23)19-12(11)20/h5-7,10H,3-4,8-9H2,1-2H3,(H,16,18,21). The summed E-state index contributed by atoms with van der Waals surface area (Å²) >= 11 is 1.34. The van der Waals surface area contributed by atoms with E-state index in [2.05, 4.69) is 33.8 Å². The maximum atomic E-state index is 12.6. The third kappa shape index (κ3) is 3.79. The molecule has 2 aliphatic rings. The van der Waals surface area contributed by atoms with Gasteiger partial charge in [0.2, 0.25) is 5.13 Å². The molecular weight excluding hydrogens is 362 g/mol. The predicted octanol–water partition coefficient (Wildman–Crippen LogP) is 1.88. The molecule has 0 aromatic carbocycles. The number of sulfonamides is 1. The number of hydrogen-bond donors (Lipinski definition) is 1. The highest BCUT2D eigenvalue weighted by molar-refractivity contribution is 7.90. The Balaban J connectivity index is 1.80. The molecule has 0 aliphatic carbocycles. The number of carbonyl (C=O) groups excluding carboxylic acids is 1. The maximum Gasteiger partial charge on any atom is 0.261 e. The Morgan fingerprint density at radius 2 is 2.12 bits per heavy atom. The molecule has 0 saturated heterocycles. The molecule has 1 aromatic rings. The molecule has 8 nitrogen and oxygen atoms in total. The number of rotatable bonds is 5. The number of nitrogens with zero attached hydrogens (tertiary/aromatic N) is 4. The zero-order valence-corrected chi connectivity index (χ0v) is 15.6. The molecule has 0 fully saturated rings. The van der Waals surface area contributed by atoms with Crippen LogP contribution in [0.15, 0.2) is 28.3 Å². The molecule has 0 unspecified atom stereocenters. The van der Waals surface area contributed by atoms with E-state index in [0.717, 1.165) is 17.8 Å². The number of amidine groups is 1. The second-order valence-electron chi connectivity index (χ2n) is 5.73. The van der Waals surface area contributed by atoms with Crippen LogP contribution < -0.4 is 5.32 Å². The van der Waals surface area contributed by atoms with Gasteiger partial charge in [-0.15, -0.1) is 14.6 Å². The van der Waals surface area contributed by atoms with Crippen LogP contribution in [-0.4, -0.2) is 47.6 Å². The molecule has 0 radical (unpaired) electrons. The lowest BCUT2D eigenvalue weighted by atomic mass is 10.1. The van der Waals surface area contributed by atoms with Gasteiger partial charge >= 0.3 is 0 Å². The van der Waals surface area contributed by atoms with E-state index in [4.69, 9.17) is 0 Å². The number of hydrogen-bond acceptors (Lipinski definition) is 7. The zero-order chi connectivity index (χ0) is 18.0. The second kappa shape index (κ2) is 7.04. The minimum Gasteiger partial charge on any atom is -0.331 e. The summed E-state index contributed by atoms with van der Waals surface area (Å²) in [4.78, 5) is 14.2. The Hall–Kier alpha value is -2.07. The van der Waals surface area contributed by atoms with E-state index in [1.807, 2.05) is 0 Å². The van der Waals surface area contributed by atoms with Crippen molar-refractivity contribution in [2.75, 3.05) is 17.6 Å². The van der Waals surface area contributed by atoms with Gasteiger partial charge in [0.15, 0.2) is 5.84 Å². The number of aromatic nitrogens is 2. The Morgan fingerprint density at radius 3 is 2.84 bits per heavy atom. The molecule has 2 aliphatic heterocycles. The summed E-state index contributed by atoms with van der Waals surface area (Å²) in [6, 6.07) is 0. The predicted molar refractivity (Wildman–Crippen MR) is 97.0 cm³/mol. The van der Waals surface area contributed by atoms with Gasteiger partial charge in [-0.2, -0.15) is 0 Å². The molecule has 1 N–H and O–H groups in total. The van der Waals surface area contributed by atoms with Gasteiger partial charge < -0.3 is 4.90 Å². The van der Waals surface area contributed by atoms with Crippen LogP contribution in [0, 0.1) is 0 Å². The van der Waals surface area contributed by atoms with Crippen LogP contribution in [0.3, 0.4) is 0 Å². The van der Waals surface area contributed by atoms with Crippen molar-refractivity contribution >= 4 is 38.2 Å². The van der Waals surface area contributed by atoms with Gasteiger partial charge in [0, 0.05) is 18.7 Å². The third-order valence-electron chi connectivity index (χ3n) is 4.10. The van der Waals surface area contributed by atoms with Crippen LogP contribution in [0.2, 0.25) is 0 Å². The average Bonchev–Trinajstić information content (AvgIpc) is 3.03. The summed E-state index contributed by atoms with van der Waals surface area (Å²) in [6.45, 7) is 4.45. The SMILES string of the molecule is CCC(CC)c1nnc(NC(=O)C2=CC=CN3CCS(=O)(=O)N=C23)s1. The Labute approximate surface area is 150 Å². The van der Waals surface area contributed by atoms with Crippen LogP contribution in [-0.2, 0) is 14.8 Å². The number of anilines is 1. The second-order valence-corrected chi connectivity index (χ2v) is 8.49. The topological polar surface area (TPSA) is 105 Å². The summed E-state index contributed by atoms with van der Waals surface area (Å²) in [5.41, 5.74) is 0.199. The molecule has 0 spiro atoms. The summed E-state index contributed by atoms with van der Waals surface area (Å²) in [7, 11) is -3.54. The highest BCUT2D eigenvalue weighted by Crippen LogP contribution is 2.28. The quantitative estimate of drug-likeness (QED) is 0.835. The number of allylic oxidation sites excluding steroid dienone is 2. The summed E-state index contributed by atoms with van der Waals surface area (Å²) < 4.78 is 27.3. The third-order valence-corrected chi connectivity index (χ3v) is 6.25. The van der Waals surface area contributed by atoms with Crippen molar-refractivity contribution in [3.05, 3.63) is 28.9 Å². The highest BCUT2D eigenvalue weighted by atomic mass is 32.2. The van der Waals surface area contributed by atoms with Crippen LogP contribution in [0.5, 0.6) is 0 Å². The van der Waals surface area contributed by atoms with E-state index in [0.29, 0.717) is 11.0 Å². The van der Waals surface area contributed by atoms with E-state index in [1.165, 1.54) is 11.3 Å². The number of fused-ring (bicyclic) bond motifs is 1. The van der Waals surface area contributed by atoms with E-state index >= 15 is 0 Å². The minimum absolute atomic E-state index is 0.0646. The first-order valence-electron chi connectivity index (χ1n) is 8.06. The fraction of sp³-hybridized carbons (Fsp3) is 0.467. The van der Waals surface area contributed by atoms with Gasteiger partial charge in [-0.05, 0) is 25.0 Å². The fourth-order valence-electron chi connectivity index (χ4n) is 2.65. The molecule has 1 aromatic heterocycles. The van der Waals surface area contributed by atoms with Gasteiger partial charge in [-0.3, -0.25) is 10.1 Å². The van der Waals surface area contributed by atoms with Gasteiger partial charge in [-0.1, -0.05) is 25.2 Å². The van der Waals surface area contributed by atoms with Gasteiger partial charge in [-0.25, -0.2) is 8.42 Å². The van der Waals surface area contributed by atoms with Crippen molar-refractivity contribution in [2.45, 2.75) is 32.6 Å². The van der Waals surface area contributed by atoms with Crippen molar-refractivity contribution in [1.29, 1.82) is 0 Å². The number of nitrogens with one attached hydrogen (secondary N) is 1. The Morgan fingerprint density at radius 1 is 1.36 bits per heavy atom. The van der Waals surface area contributed by atoms with E-state index in [9.17, 15) is 13.2 Å². The lowest BCUT2D eigenvalue weighted by molar-refractivity contribution is -0.112. The largest absolute Gasteiger partial charge is 0.331 e. The van der Waals surface area contributed by atoms with Crippen LogP contribution >= 0.6 is 11.3 Å². The first-order valence-corrected chi connectivity index (χ1v) is 10.5. The molecular formula is C15H19N5O3S2.